The highest BCUT2D eigenvalue weighted by Crippen LogP contribution is 2.30. The molecule has 1 aromatic carbocycles. The standard InChI is InChI=1S/C23H37N5O2.HI/c1-3-24-23(26-15-14-25-22(29)18-9-5-4-6-10-18)27-19-13-16-28(17-19)20-11-7-8-12-21(20)30-2;/h7-8,11-12,18-19H,3-6,9-10,13-17H2,1-2H3,(H,25,29)(H2,24,26,27);1H. The Kier molecular flexibility index (Phi) is 11.2. The smallest absolute Gasteiger partial charge is 0.223 e. The van der Waals surface area contributed by atoms with Gasteiger partial charge in [-0.2, -0.15) is 0 Å². The summed E-state index contributed by atoms with van der Waals surface area (Å²) < 4.78 is 5.51. The Bertz CT molecular complexity index is 709. The number of hydrogen-bond acceptors (Lipinski definition) is 4. The molecule has 8 heteroatoms. The van der Waals surface area contributed by atoms with Crippen LogP contribution in [0.5, 0.6) is 5.75 Å². The summed E-state index contributed by atoms with van der Waals surface area (Å²) in [7, 11) is 1.72. The summed E-state index contributed by atoms with van der Waals surface area (Å²) in [4.78, 5) is 19.3. The van der Waals surface area contributed by atoms with Gasteiger partial charge in [0.05, 0.1) is 19.3 Å². The number of methoxy groups -OCH3 is 1. The van der Waals surface area contributed by atoms with Gasteiger partial charge in [0.2, 0.25) is 5.91 Å². The summed E-state index contributed by atoms with van der Waals surface area (Å²) in [6.45, 7) is 5.93. The monoisotopic (exact) mass is 543 g/mol. The maximum atomic E-state index is 12.3. The van der Waals surface area contributed by atoms with Crippen molar-refractivity contribution >= 4 is 41.5 Å². The van der Waals surface area contributed by atoms with E-state index in [0.717, 1.165) is 56.3 Å². The van der Waals surface area contributed by atoms with E-state index in [4.69, 9.17) is 4.74 Å². The van der Waals surface area contributed by atoms with Crippen LogP contribution in [0.25, 0.3) is 0 Å². The van der Waals surface area contributed by atoms with Gasteiger partial charge >= 0.3 is 0 Å². The Labute approximate surface area is 203 Å². The minimum atomic E-state index is 0. The van der Waals surface area contributed by atoms with Crippen molar-refractivity contribution in [2.45, 2.75) is 51.5 Å². The molecule has 1 saturated carbocycles. The maximum Gasteiger partial charge on any atom is 0.223 e. The Morgan fingerprint density at radius 3 is 2.68 bits per heavy atom. The van der Waals surface area contributed by atoms with Crippen LogP contribution in [0.2, 0.25) is 0 Å². The predicted molar refractivity (Wildman–Crippen MR) is 138 cm³/mol. The number of benzene rings is 1. The molecule has 3 N–H and O–H groups in total. The predicted octanol–water partition coefficient (Wildman–Crippen LogP) is 3.14. The van der Waals surface area contributed by atoms with Gasteiger partial charge in [-0.3, -0.25) is 9.79 Å². The largest absolute Gasteiger partial charge is 0.495 e. The van der Waals surface area contributed by atoms with Crippen molar-refractivity contribution in [3.63, 3.8) is 0 Å². The molecule has 3 rings (SSSR count). The van der Waals surface area contributed by atoms with Crippen LogP contribution in [0.15, 0.2) is 29.3 Å². The number of hydrogen-bond donors (Lipinski definition) is 3. The molecule has 1 aliphatic heterocycles. The fourth-order valence-corrected chi connectivity index (χ4v) is 4.36. The minimum Gasteiger partial charge on any atom is -0.495 e. The second-order valence-electron chi connectivity index (χ2n) is 8.13. The molecule has 174 valence electrons. The van der Waals surface area contributed by atoms with Gasteiger partial charge in [-0.05, 0) is 38.3 Å². The average Bonchev–Trinajstić information content (AvgIpc) is 3.25. The van der Waals surface area contributed by atoms with E-state index in [1.165, 1.54) is 19.3 Å². The summed E-state index contributed by atoms with van der Waals surface area (Å²) in [5.41, 5.74) is 1.14. The van der Waals surface area contributed by atoms with Gasteiger partial charge in [-0.1, -0.05) is 31.4 Å². The summed E-state index contributed by atoms with van der Waals surface area (Å²) in [5.74, 6) is 2.13. The molecule has 1 unspecified atom stereocenters. The Balaban J connectivity index is 0.00000341. The zero-order valence-corrected chi connectivity index (χ0v) is 21.2. The number of aliphatic imine (C=N–C) groups is 1. The van der Waals surface area contributed by atoms with E-state index in [1.807, 2.05) is 18.2 Å². The number of carbonyl (C=O) groups excluding carboxylic acids is 1. The van der Waals surface area contributed by atoms with Crippen LogP contribution >= 0.6 is 24.0 Å². The summed E-state index contributed by atoms with van der Waals surface area (Å²) in [5, 5.41) is 9.93. The Morgan fingerprint density at radius 1 is 1.16 bits per heavy atom. The molecule has 1 aromatic rings. The number of carbonyl (C=O) groups is 1. The lowest BCUT2D eigenvalue weighted by atomic mass is 9.89. The molecule has 0 radical (unpaired) electrons. The third-order valence-electron chi connectivity index (χ3n) is 5.96. The Morgan fingerprint density at radius 2 is 1.94 bits per heavy atom. The molecular weight excluding hydrogens is 505 g/mol. The first-order valence-electron chi connectivity index (χ1n) is 11.4. The summed E-state index contributed by atoms with van der Waals surface area (Å²) in [6.07, 6.45) is 6.73. The molecule has 31 heavy (non-hydrogen) atoms. The van der Waals surface area contributed by atoms with Crippen LogP contribution in [0, 0.1) is 5.92 Å². The summed E-state index contributed by atoms with van der Waals surface area (Å²) >= 11 is 0. The number of para-hydroxylation sites is 2. The van der Waals surface area contributed by atoms with Crippen molar-refractivity contribution in [1.82, 2.24) is 16.0 Å². The Hall–Kier alpha value is -1.71. The van der Waals surface area contributed by atoms with Crippen molar-refractivity contribution in [3.8, 4) is 5.75 Å². The van der Waals surface area contributed by atoms with E-state index in [2.05, 4.69) is 38.8 Å². The van der Waals surface area contributed by atoms with Crippen LogP contribution in [0.4, 0.5) is 5.69 Å². The minimum absolute atomic E-state index is 0. The van der Waals surface area contributed by atoms with Crippen molar-refractivity contribution < 1.29 is 9.53 Å². The second-order valence-corrected chi connectivity index (χ2v) is 8.13. The lowest BCUT2D eigenvalue weighted by Crippen LogP contribution is -2.45. The number of amides is 1. The van der Waals surface area contributed by atoms with Gasteiger partial charge in [0, 0.05) is 38.1 Å². The van der Waals surface area contributed by atoms with Gasteiger partial charge in [0.1, 0.15) is 5.75 Å². The van der Waals surface area contributed by atoms with Crippen LogP contribution in [-0.2, 0) is 4.79 Å². The maximum absolute atomic E-state index is 12.3. The van der Waals surface area contributed by atoms with Gasteiger partial charge in [-0.15, -0.1) is 24.0 Å². The van der Waals surface area contributed by atoms with Crippen LogP contribution in [0.3, 0.4) is 0 Å². The highest BCUT2D eigenvalue weighted by Gasteiger charge is 2.25. The third-order valence-corrected chi connectivity index (χ3v) is 5.96. The molecule has 1 aliphatic carbocycles. The molecule has 2 fully saturated rings. The van der Waals surface area contributed by atoms with Crippen molar-refractivity contribution in [1.29, 1.82) is 0 Å². The quantitative estimate of drug-likeness (QED) is 0.203. The van der Waals surface area contributed by atoms with Crippen molar-refractivity contribution in [2.75, 3.05) is 44.7 Å². The fraction of sp³-hybridized carbons (Fsp3) is 0.652. The van der Waals surface area contributed by atoms with Gasteiger partial charge in [0.25, 0.3) is 0 Å². The zero-order valence-electron chi connectivity index (χ0n) is 18.9. The van der Waals surface area contributed by atoms with Crippen molar-refractivity contribution in [2.24, 2.45) is 10.9 Å². The first-order valence-corrected chi connectivity index (χ1v) is 11.4. The number of halogens is 1. The number of guanidine groups is 1. The lowest BCUT2D eigenvalue weighted by molar-refractivity contribution is -0.125. The van der Waals surface area contributed by atoms with Crippen molar-refractivity contribution in [3.05, 3.63) is 24.3 Å². The molecule has 1 saturated heterocycles. The molecule has 0 aromatic heterocycles. The van der Waals surface area contributed by atoms with Gasteiger partial charge < -0.3 is 25.6 Å². The molecule has 7 nitrogen and oxygen atoms in total. The average molecular weight is 543 g/mol. The van der Waals surface area contributed by atoms with E-state index in [1.54, 1.807) is 7.11 Å². The SMILES string of the molecule is CCNC(=NCCNC(=O)C1CCCCC1)NC1CCN(c2ccccc2OC)C1.I. The van der Waals surface area contributed by atoms with E-state index in [-0.39, 0.29) is 35.8 Å². The lowest BCUT2D eigenvalue weighted by Gasteiger charge is -2.22. The van der Waals surface area contributed by atoms with Gasteiger partial charge in [-0.25, -0.2) is 0 Å². The molecule has 0 spiro atoms. The molecule has 1 amide bonds. The number of rotatable bonds is 8. The molecule has 1 heterocycles. The van der Waals surface area contributed by atoms with E-state index in [9.17, 15) is 4.79 Å². The normalized spacial score (nSPS) is 19.5. The number of nitrogens with one attached hydrogen (secondary N) is 3. The number of anilines is 1. The molecule has 0 bridgehead atoms. The highest BCUT2D eigenvalue weighted by atomic mass is 127. The van der Waals surface area contributed by atoms with Gasteiger partial charge in [0.15, 0.2) is 5.96 Å². The van der Waals surface area contributed by atoms with Crippen LogP contribution < -0.4 is 25.6 Å². The second kappa shape index (κ2) is 13.6. The number of ether oxygens (including phenoxy) is 1. The van der Waals surface area contributed by atoms with E-state index >= 15 is 0 Å². The van der Waals surface area contributed by atoms with Crippen LogP contribution in [-0.4, -0.2) is 57.7 Å². The first kappa shape index (κ1) is 25.5. The first-order chi connectivity index (χ1) is 14.7. The highest BCUT2D eigenvalue weighted by molar-refractivity contribution is 14.0. The molecular formula is C23H38IN5O2. The number of nitrogens with zero attached hydrogens (tertiary/aromatic N) is 2. The van der Waals surface area contributed by atoms with E-state index < -0.39 is 0 Å². The molecule has 1 atom stereocenters. The van der Waals surface area contributed by atoms with E-state index in [0.29, 0.717) is 19.1 Å². The molecule has 2 aliphatic rings. The zero-order chi connectivity index (χ0) is 21.2. The topological polar surface area (TPSA) is 78.0 Å². The third kappa shape index (κ3) is 7.73. The summed E-state index contributed by atoms with van der Waals surface area (Å²) in [6, 6.07) is 8.48. The fourth-order valence-electron chi connectivity index (χ4n) is 4.36. The van der Waals surface area contributed by atoms with Crippen LogP contribution in [0.1, 0.15) is 45.4 Å².